The highest BCUT2D eigenvalue weighted by atomic mass is 16.2. The fourth-order valence-corrected chi connectivity index (χ4v) is 4.82. The predicted molar refractivity (Wildman–Crippen MR) is 110 cm³/mol. The van der Waals surface area contributed by atoms with E-state index in [0.29, 0.717) is 18.8 Å². The van der Waals surface area contributed by atoms with E-state index in [2.05, 4.69) is 23.3 Å². The highest BCUT2D eigenvalue weighted by Crippen LogP contribution is 2.44. The van der Waals surface area contributed by atoms with Gasteiger partial charge in [-0.15, -0.1) is 0 Å². The van der Waals surface area contributed by atoms with Crippen LogP contribution in [0.25, 0.3) is 10.9 Å². The Bertz CT molecular complexity index is 1130. The van der Waals surface area contributed by atoms with Crippen molar-refractivity contribution in [2.75, 3.05) is 18.4 Å². The van der Waals surface area contributed by atoms with E-state index in [0.717, 1.165) is 40.6 Å². The lowest BCUT2D eigenvalue weighted by Crippen LogP contribution is -2.52. The topological polar surface area (TPSA) is 65.2 Å². The molecular formula is C23H23N3O2. The number of H-pyrrole nitrogens is 1. The van der Waals surface area contributed by atoms with Gasteiger partial charge in [-0.2, -0.15) is 0 Å². The zero-order valence-corrected chi connectivity index (χ0v) is 16.1. The van der Waals surface area contributed by atoms with Crippen LogP contribution in [0.15, 0.2) is 42.5 Å². The molecular weight excluding hydrogens is 350 g/mol. The molecule has 3 aromatic rings. The van der Waals surface area contributed by atoms with Gasteiger partial charge in [0.2, 0.25) is 5.91 Å². The van der Waals surface area contributed by atoms with Crippen LogP contribution in [0.1, 0.15) is 40.0 Å². The maximum absolute atomic E-state index is 13.4. The van der Waals surface area contributed by atoms with Crippen LogP contribution in [-0.4, -0.2) is 34.8 Å². The van der Waals surface area contributed by atoms with Crippen molar-refractivity contribution in [3.63, 3.8) is 0 Å². The standard InChI is InChI=1S/C23H23N3O2/c1-14-8-9-18-16(12-14)15(2)20(24-18)21(27)26-11-5-10-23(13-26)17-6-3-4-7-19(17)25-22(23)28/h3-4,6-9,12,24H,5,10-11,13H2,1-2H3,(H,25,28)/t23-/m1/s1. The number of nitrogens with one attached hydrogen (secondary N) is 2. The molecule has 0 saturated carbocycles. The second kappa shape index (κ2) is 5.96. The molecule has 0 radical (unpaired) electrons. The largest absolute Gasteiger partial charge is 0.350 e. The van der Waals surface area contributed by atoms with Crippen LogP contribution in [0.3, 0.4) is 0 Å². The van der Waals surface area contributed by atoms with Crippen LogP contribution >= 0.6 is 0 Å². The van der Waals surface area contributed by atoms with Crippen LogP contribution in [0.4, 0.5) is 5.69 Å². The highest BCUT2D eigenvalue weighted by Gasteiger charge is 2.50. The summed E-state index contributed by atoms with van der Waals surface area (Å²) < 4.78 is 0. The van der Waals surface area contributed by atoms with Gasteiger partial charge in [0.05, 0.1) is 5.41 Å². The van der Waals surface area contributed by atoms with Gasteiger partial charge in [-0.1, -0.05) is 29.8 Å². The first-order valence-electron chi connectivity index (χ1n) is 9.79. The normalized spacial score (nSPS) is 21.2. The third kappa shape index (κ3) is 2.32. The Morgan fingerprint density at radius 2 is 1.96 bits per heavy atom. The number of hydrogen-bond acceptors (Lipinski definition) is 2. The van der Waals surface area contributed by atoms with E-state index in [1.165, 1.54) is 5.56 Å². The third-order valence-corrected chi connectivity index (χ3v) is 6.33. The Labute approximate surface area is 163 Å². The molecule has 142 valence electrons. The molecule has 2 aliphatic heterocycles. The maximum Gasteiger partial charge on any atom is 0.270 e. The molecule has 1 atom stereocenters. The number of para-hydroxylation sites is 1. The Morgan fingerprint density at radius 1 is 1.14 bits per heavy atom. The molecule has 2 N–H and O–H groups in total. The first kappa shape index (κ1) is 17.0. The fraction of sp³-hybridized carbons (Fsp3) is 0.304. The average molecular weight is 373 g/mol. The van der Waals surface area contributed by atoms with Gasteiger partial charge in [-0.3, -0.25) is 9.59 Å². The Kier molecular flexibility index (Phi) is 3.63. The summed E-state index contributed by atoms with van der Waals surface area (Å²) in [5.41, 5.74) is 5.00. The van der Waals surface area contributed by atoms with Crippen molar-refractivity contribution in [2.45, 2.75) is 32.1 Å². The predicted octanol–water partition coefficient (Wildman–Crippen LogP) is 3.91. The molecule has 1 saturated heterocycles. The average Bonchev–Trinajstić information content (AvgIpc) is 3.16. The molecule has 1 fully saturated rings. The van der Waals surface area contributed by atoms with Crippen LogP contribution < -0.4 is 5.32 Å². The molecule has 5 nitrogen and oxygen atoms in total. The number of likely N-dealkylation sites (tertiary alicyclic amines) is 1. The number of benzene rings is 2. The van der Waals surface area contributed by atoms with E-state index in [1.807, 2.05) is 48.2 Å². The van der Waals surface area contributed by atoms with Crippen LogP contribution in [-0.2, 0) is 10.2 Å². The van der Waals surface area contributed by atoms with Crippen molar-refractivity contribution in [3.8, 4) is 0 Å². The van der Waals surface area contributed by atoms with Crippen LogP contribution in [0.5, 0.6) is 0 Å². The number of rotatable bonds is 1. The van der Waals surface area contributed by atoms with Crippen molar-refractivity contribution < 1.29 is 9.59 Å². The highest BCUT2D eigenvalue weighted by molar-refractivity contribution is 6.07. The van der Waals surface area contributed by atoms with Gasteiger partial charge in [0.25, 0.3) is 5.91 Å². The number of aromatic nitrogens is 1. The second-order valence-corrected chi connectivity index (χ2v) is 8.09. The number of amides is 2. The van der Waals surface area contributed by atoms with Gasteiger partial charge in [0, 0.05) is 29.7 Å². The molecule has 2 amide bonds. The second-order valence-electron chi connectivity index (χ2n) is 8.09. The monoisotopic (exact) mass is 373 g/mol. The lowest BCUT2D eigenvalue weighted by Gasteiger charge is -2.39. The number of carbonyl (C=O) groups is 2. The fourth-order valence-electron chi connectivity index (χ4n) is 4.82. The number of hydrogen-bond donors (Lipinski definition) is 2. The number of anilines is 1. The van der Waals surface area contributed by atoms with Gasteiger partial charge >= 0.3 is 0 Å². The van der Waals surface area contributed by atoms with E-state index in [9.17, 15) is 9.59 Å². The maximum atomic E-state index is 13.4. The van der Waals surface area contributed by atoms with Crippen LogP contribution in [0, 0.1) is 13.8 Å². The minimum absolute atomic E-state index is 0.00944. The molecule has 2 aromatic carbocycles. The minimum Gasteiger partial charge on any atom is -0.350 e. The van der Waals surface area contributed by atoms with E-state index >= 15 is 0 Å². The summed E-state index contributed by atoms with van der Waals surface area (Å²) >= 11 is 0. The molecule has 2 aliphatic rings. The van der Waals surface area contributed by atoms with E-state index < -0.39 is 5.41 Å². The molecule has 1 aromatic heterocycles. The van der Waals surface area contributed by atoms with E-state index in [1.54, 1.807) is 0 Å². The molecule has 0 bridgehead atoms. The number of carbonyl (C=O) groups excluding carboxylic acids is 2. The number of fused-ring (bicyclic) bond motifs is 3. The molecule has 0 unspecified atom stereocenters. The lowest BCUT2D eigenvalue weighted by atomic mass is 9.75. The molecule has 28 heavy (non-hydrogen) atoms. The third-order valence-electron chi connectivity index (χ3n) is 6.33. The SMILES string of the molecule is Cc1ccc2[nH]c(C(=O)N3CCC[C@]4(C3)C(=O)Nc3ccccc34)c(C)c2c1. The van der Waals surface area contributed by atoms with Crippen molar-refractivity contribution in [3.05, 3.63) is 64.8 Å². The quantitative estimate of drug-likeness (QED) is 0.679. The molecule has 1 spiro atoms. The Balaban J connectivity index is 1.52. The smallest absolute Gasteiger partial charge is 0.270 e. The summed E-state index contributed by atoms with van der Waals surface area (Å²) in [5.74, 6) is -0.0159. The summed E-state index contributed by atoms with van der Waals surface area (Å²) in [6.07, 6.45) is 1.58. The van der Waals surface area contributed by atoms with E-state index in [-0.39, 0.29) is 11.8 Å². The Morgan fingerprint density at radius 3 is 2.82 bits per heavy atom. The summed E-state index contributed by atoms with van der Waals surface area (Å²) in [4.78, 5) is 31.4. The Hall–Kier alpha value is -3.08. The van der Waals surface area contributed by atoms with Crippen LogP contribution in [0.2, 0.25) is 0 Å². The number of nitrogens with zero attached hydrogens (tertiary/aromatic N) is 1. The molecule has 0 aliphatic carbocycles. The zero-order chi connectivity index (χ0) is 19.5. The van der Waals surface area contributed by atoms with Crippen molar-refractivity contribution in [2.24, 2.45) is 0 Å². The number of aryl methyl sites for hydroxylation is 2. The van der Waals surface area contributed by atoms with Gasteiger partial charge in [0.15, 0.2) is 0 Å². The summed E-state index contributed by atoms with van der Waals surface area (Å²) in [7, 11) is 0. The first-order chi connectivity index (χ1) is 13.5. The van der Waals surface area contributed by atoms with E-state index in [4.69, 9.17) is 0 Å². The van der Waals surface area contributed by atoms with Crippen molar-refractivity contribution in [1.82, 2.24) is 9.88 Å². The lowest BCUT2D eigenvalue weighted by molar-refractivity contribution is -0.122. The van der Waals surface area contributed by atoms with Crippen molar-refractivity contribution in [1.29, 1.82) is 0 Å². The van der Waals surface area contributed by atoms with Crippen molar-refractivity contribution >= 4 is 28.4 Å². The summed E-state index contributed by atoms with van der Waals surface area (Å²) in [5, 5.41) is 4.09. The van der Waals surface area contributed by atoms with Gasteiger partial charge in [-0.05, 0) is 56.0 Å². The van der Waals surface area contributed by atoms with Gasteiger partial charge in [-0.25, -0.2) is 0 Å². The summed E-state index contributed by atoms with van der Waals surface area (Å²) in [6.45, 7) is 5.13. The molecule has 3 heterocycles. The number of aromatic amines is 1. The molecule has 5 rings (SSSR count). The van der Waals surface area contributed by atoms with Gasteiger partial charge < -0.3 is 15.2 Å². The molecule has 5 heteroatoms. The first-order valence-corrected chi connectivity index (χ1v) is 9.79. The summed E-state index contributed by atoms with van der Waals surface area (Å²) in [6, 6.07) is 14.0. The number of piperidine rings is 1. The van der Waals surface area contributed by atoms with Gasteiger partial charge in [0.1, 0.15) is 5.69 Å². The minimum atomic E-state index is -0.638. The zero-order valence-electron chi connectivity index (χ0n) is 16.1.